The van der Waals surface area contributed by atoms with Gasteiger partial charge in [-0.15, -0.1) is 11.6 Å². The maximum absolute atomic E-state index is 12.1. The maximum atomic E-state index is 12.1. The summed E-state index contributed by atoms with van der Waals surface area (Å²) in [5, 5.41) is 2.73. The molecule has 1 N–H and O–H groups in total. The Hall–Kier alpha value is -0.530. The Morgan fingerprint density at radius 1 is 1.33 bits per heavy atom. The zero-order valence-corrected chi connectivity index (χ0v) is 11.7. The lowest BCUT2D eigenvalue weighted by Gasteiger charge is -2.35. The third-order valence-electron chi connectivity index (χ3n) is 3.37. The molecule has 18 heavy (non-hydrogen) atoms. The number of sulfonamides is 1. The van der Waals surface area contributed by atoms with E-state index in [0.29, 0.717) is 44.9 Å². The van der Waals surface area contributed by atoms with Crippen LogP contribution in [-0.2, 0) is 10.0 Å². The monoisotopic (exact) mass is 295 g/mol. The first-order valence-electron chi connectivity index (χ1n) is 6.13. The summed E-state index contributed by atoms with van der Waals surface area (Å²) in [5.41, 5.74) is 0. The van der Waals surface area contributed by atoms with E-state index in [-0.39, 0.29) is 17.8 Å². The zero-order chi connectivity index (χ0) is 13.2. The molecule has 2 heterocycles. The minimum Gasteiger partial charge on any atom is -0.336 e. The number of hydrogen-bond donors (Lipinski definition) is 1. The van der Waals surface area contributed by atoms with Gasteiger partial charge in [0, 0.05) is 32.1 Å². The van der Waals surface area contributed by atoms with Crippen molar-refractivity contribution in [2.24, 2.45) is 0 Å². The predicted octanol–water partition coefficient (Wildman–Crippen LogP) is 0.0446. The molecule has 0 radical (unpaired) electrons. The lowest BCUT2D eigenvalue weighted by atomic mass is 10.2. The highest BCUT2D eigenvalue weighted by molar-refractivity contribution is 7.89. The summed E-state index contributed by atoms with van der Waals surface area (Å²) < 4.78 is 25.7. The summed E-state index contributed by atoms with van der Waals surface area (Å²) >= 11 is 5.54. The summed E-state index contributed by atoms with van der Waals surface area (Å²) in [5.74, 6) is 0.637. The fourth-order valence-corrected chi connectivity index (χ4v) is 4.11. The fourth-order valence-electron chi connectivity index (χ4n) is 2.34. The molecule has 6 nitrogen and oxygen atoms in total. The molecule has 2 saturated heterocycles. The first kappa shape index (κ1) is 13.9. The van der Waals surface area contributed by atoms with Gasteiger partial charge in [0.1, 0.15) is 0 Å². The average molecular weight is 296 g/mol. The number of carbonyl (C=O) groups excluding carboxylic acids is 1. The molecule has 1 atom stereocenters. The van der Waals surface area contributed by atoms with Crippen molar-refractivity contribution in [2.75, 3.05) is 37.8 Å². The Morgan fingerprint density at radius 3 is 2.83 bits per heavy atom. The van der Waals surface area contributed by atoms with Crippen molar-refractivity contribution in [3.05, 3.63) is 0 Å². The molecule has 2 aliphatic rings. The van der Waals surface area contributed by atoms with Gasteiger partial charge in [-0.2, -0.15) is 4.31 Å². The van der Waals surface area contributed by atoms with Crippen molar-refractivity contribution in [3.8, 4) is 0 Å². The predicted molar refractivity (Wildman–Crippen MR) is 69.2 cm³/mol. The summed E-state index contributed by atoms with van der Waals surface area (Å²) in [7, 11) is -3.20. The smallest absolute Gasteiger partial charge is 0.317 e. The van der Waals surface area contributed by atoms with Gasteiger partial charge in [0.25, 0.3) is 0 Å². The van der Waals surface area contributed by atoms with Gasteiger partial charge in [0.2, 0.25) is 10.0 Å². The number of urea groups is 1. The lowest BCUT2D eigenvalue weighted by Crippen LogP contribution is -2.54. The highest BCUT2D eigenvalue weighted by Crippen LogP contribution is 2.17. The van der Waals surface area contributed by atoms with E-state index in [1.165, 1.54) is 4.31 Å². The van der Waals surface area contributed by atoms with E-state index in [0.717, 1.165) is 0 Å². The van der Waals surface area contributed by atoms with Crippen LogP contribution >= 0.6 is 11.6 Å². The molecule has 0 aromatic carbocycles. The summed E-state index contributed by atoms with van der Waals surface area (Å²) in [4.78, 5) is 13.1. The standard InChI is InChI=1S/C10H18ClN3O3S/c11-3-1-2-6-18(16,17)13-4-5-14-9(8-13)7-12-10(14)15/h9H,1-8H2,(H,12,15). The summed E-state index contributed by atoms with van der Waals surface area (Å²) in [6.45, 7) is 1.81. The number of fused-ring (bicyclic) bond motifs is 1. The van der Waals surface area contributed by atoms with Gasteiger partial charge < -0.3 is 10.2 Å². The Morgan fingerprint density at radius 2 is 2.11 bits per heavy atom. The SMILES string of the molecule is O=C1NCC2CN(S(=O)(=O)CCCCCl)CCN12. The van der Waals surface area contributed by atoms with Crippen LogP contribution in [0.4, 0.5) is 4.79 Å². The molecule has 8 heteroatoms. The third-order valence-corrected chi connectivity index (χ3v) is 5.56. The molecular formula is C10H18ClN3O3S. The molecule has 0 aromatic rings. The first-order valence-corrected chi connectivity index (χ1v) is 8.27. The second kappa shape index (κ2) is 5.63. The van der Waals surface area contributed by atoms with Crippen LogP contribution in [-0.4, -0.2) is 67.5 Å². The van der Waals surface area contributed by atoms with Crippen LogP contribution in [0, 0.1) is 0 Å². The molecule has 2 amide bonds. The number of nitrogens with zero attached hydrogens (tertiary/aromatic N) is 2. The second-order valence-electron chi connectivity index (χ2n) is 4.60. The number of unbranched alkanes of at least 4 members (excludes halogenated alkanes) is 1. The number of carbonyl (C=O) groups is 1. The van der Waals surface area contributed by atoms with Crippen LogP contribution in [0.25, 0.3) is 0 Å². The van der Waals surface area contributed by atoms with E-state index in [4.69, 9.17) is 11.6 Å². The van der Waals surface area contributed by atoms with E-state index in [1.54, 1.807) is 4.90 Å². The molecular weight excluding hydrogens is 278 g/mol. The summed E-state index contributed by atoms with van der Waals surface area (Å²) in [6, 6.07) is -0.103. The Kier molecular flexibility index (Phi) is 4.34. The lowest BCUT2D eigenvalue weighted by molar-refractivity contribution is 0.164. The highest BCUT2D eigenvalue weighted by Gasteiger charge is 2.38. The van der Waals surface area contributed by atoms with Crippen LogP contribution in [0.15, 0.2) is 0 Å². The van der Waals surface area contributed by atoms with Gasteiger partial charge in [-0.05, 0) is 12.8 Å². The molecule has 0 bridgehead atoms. The van der Waals surface area contributed by atoms with Crippen molar-refractivity contribution in [1.82, 2.24) is 14.5 Å². The van der Waals surface area contributed by atoms with Gasteiger partial charge in [-0.25, -0.2) is 13.2 Å². The molecule has 0 aliphatic carbocycles. The van der Waals surface area contributed by atoms with Crippen molar-refractivity contribution >= 4 is 27.7 Å². The molecule has 0 aromatic heterocycles. The Balaban J connectivity index is 1.93. The van der Waals surface area contributed by atoms with Crippen molar-refractivity contribution < 1.29 is 13.2 Å². The highest BCUT2D eigenvalue weighted by atomic mass is 35.5. The Bertz CT molecular complexity index is 415. The molecule has 1 unspecified atom stereocenters. The second-order valence-corrected chi connectivity index (χ2v) is 7.07. The molecule has 2 rings (SSSR count). The number of alkyl halides is 1. The third kappa shape index (κ3) is 2.89. The van der Waals surface area contributed by atoms with Crippen molar-refractivity contribution in [3.63, 3.8) is 0 Å². The maximum Gasteiger partial charge on any atom is 0.317 e. The van der Waals surface area contributed by atoms with E-state index in [1.807, 2.05) is 0 Å². The number of piperazine rings is 1. The molecule has 104 valence electrons. The van der Waals surface area contributed by atoms with E-state index >= 15 is 0 Å². The largest absolute Gasteiger partial charge is 0.336 e. The van der Waals surface area contributed by atoms with E-state index in [2.05, 4.69) is 5.32 Å². The minimum atomic E-state index is -3.20. The molecule has 0 saturated carbocycles. The quantitative estimate of drug-likeness (QED) is 0.575. The molecule has 0 spiro atoms. The van der Waals surface area contributed by atoms with Crippen LogP contribution in [0.2, 0.25) is 0 Å². The van der Waals surface area contributed by atoms with Gasteiger partial charge in [0.15, 0.2) is 0 Å². The number of hydrogen-bond acceptors (Lipinski definition) is 3. The number of nitrogens with one attached hydrogen (secondary N) is 1. The van der Waals surface area contributed by atoms with E-state index in [9.17, 15) is 13.2 Å². The minimum absolute atomic E-state index is 0.0194. The van der Waals surface area contributed by atoms with Gasteiger partial charge >= 0.3 is 6.03 Å². The molecule has 2 aliphatic heterocycles. The average Bonchev–Trinajstić information content (AvgIpc) is 2.71. The van der Waals surface area contributed by atoms with Gasteiger partial charge in [0.05, 0.1) is 11.8 Å². The first-order chi connectivity index (χ1) is 8.54. The van der Waals surface area contributed by atoms with Crippen LogP contribution < -0.4 is 5.32 Å². The van der Waals surface area contributed by atoms with Crippen LogP contribution in [0.3, 0.4) is 0 Å². The van der Waals surface area contributed by atoms with Crippen LogP contribution in [0.1, 0.15) is 12.8 Å². The van der Waals surface area contributed by atoms with Crippen LogP contribution in [0.5, 0.6) is 0 Å². The van der Waals surface area contributed by atoms with Gasteiger partial charge in [-0.3, -0.25) is 0 Å². The molecule has 2 fully saturated rings. The Labute approximate surface area is 112 Å². The normalized spacial score (nSPS) is 25.1. The zero-order valence-electron chi connectivity index (χ0n) is 10.1. The van der Waals surface area contributed by atoms with E-state index < -0.39 is 10.0 Å². The van der Waals surface area contributed by atoms with Gasteiger partial charge in [-0.1, -0.05) is 0 Å². The number of amides is 2. The fraction of sp³-hybridized carbons (Fsp3) is 0.900. The summed E-state index contributed by atoms with van der Waals surface area (Å²) in [6.07, 6.45) is 1.30. The van der Waals surface area contributed by atoms with Crippen molar-refractivity contribution in [2.45, 2.75) is 18.9 Å². The number of rotatable bonds is 5. The van der Waals surface area contributed by atoms with Crippen molar-refractivity contribution in [1.29, 1.82) is 0 Å². The number of halogens is 1. The topological polar surface area (TPSA) is 69.7 Å².